The lowest BCUT2D eigenvalue weighted by molar-refractivity contribution is 0.0728. The smallest absolute Gasteiger partial charge is 0.264 e. The maximum atomic E-state index is 15.2. The summed E-state index contributed by atoms with van der Waals surface area (Å²) in [4.78, 5) is 31.2. The fourth-order valence-electron chi connectivity index (χ4n) is 4.03. The number of amides is 1. The second-order valence-corrected chi connectivity index (χ2v) is 9.08. The number of benzene rings is 2. The lowest BCUT2D eigenvalue weighted by atomic mass is 10.0. The van der Waals surface area contributed by atoms with Crippen molar-refractivity contribution in [3.05, 3.63) is 64.9 Å². The van der Waals surface area contributed by atoms with Gasteiger partial charge in [-0.1, -0.05) is 12.1 Å². The third-order valence-corrected chi connectivity index (χ3v) is 7.07. The molecule has 0 radical (unpaired) electrons. The fraction of sp³-hybridized carbons (Fsp3) is 0.208. The molecule has 0 aliphatic carbocycles. The summed E-state index contributed by atoms with van der Waals surface area (Å²) in [5, 5.41) is -0.0191. The van der Waals surface area contributed by atoms with Gasteiger partial charge in [-0.15, -0.1) is 11.3 Å². The molecule has 1 aliphatic rings. The monoisotopic (exact) mass is 484 g/mol. The van der Waals surface area contributed by atoms with Crippen molar-refractivity contribution < 1.29 is 23.5 Å². The topological polar surface area (TPSA) is 68.7 Å². The molecule has 33 heavy (non-hydrogen) atoms. The predicted octanol–water partition coefficient (Wildman–Crippen LogP) is 5.62. The molecule has 2 aromatic heterocycles. The van der Waals surface area contributed by atoms with E-state index in [2.05, 4.69) is 4.98 Å². The zero-order valence-electron chi connectivity index (χ0n) is 17.5. The highest BCUT2D eigenvalue weighted by Crippen LogP contribution is 2.38. The molecular weight excluding hydrogens is 467 g/mol. The Bertz CT molecular complexity index is 1410. The average molecular weight is 485 g/mol. The number of fused-ring (bicyclic) bond motifs is 2. The van der Waals surface area contributed by atoms with Crippen molar-refractivity contribution >= 4 is 55.1 Å². The molecule has 3 heterocycles. The largest absolute Gasteiger partial charge is 0.453 e. The second kappa shape index (κ2) is 8.70. The Morgan fingerprint density at radius 2 is 2.03 bits per heavy atom. The summed E-state index contributed by atoms with van der Waals surface area (Å²) in [6, 6.07) is 11.1. The standard InChI is InChI=1S/C24H18ClFN2O4S/c1-31-13-8-10-28(12-13)24(30)20-11-17-22(33-20)19(7-9-27-17)32-18-6-5-14-15(21(18)26)3-2-4-16(14)23(25)29/h2-7,9,11,13H,8,10,12H2,1H3/t13-/m0/s1. The van der Waals surface area contributed by atoms with E-state index < -0.39 is 11.1 Å². The molecule has 0 N–H and O–H groups in total. The summed E-state index contributed by atoms with van der Waals surface area (Å²) in [5.41, 5.74) is 0.824. The van der Waals surface area contributed by atoms with Gasteiger partial charge in [0.2, 0.25) is 0 Å². The summed E-state index contributed by atoms with van der Waals surface area (Å²) < 4.78 is 27.2. The van der Waals surface area contributed by atoms with E-state index in [1.165, 1.54) is 17.4 Å². The van der Waals surface area contributed by atoms with Gasteiger partial charge in [-0.05, 0) is 47.7 Å². The fourth-order valence-corrected chi connectivity index (χ4v) is 5.23. The minimum atomic E-state index is -0.657. The highest BCUT2D eigenvalue weighted by Gasteiger charge is 2.28. The van der Waals surface area contributed by atoms with E-state index in [4.69, 9.17) is 21.1 Å². The van der Waals surface area contributed by atoms with E-state index in [9.17, 15) is 9.59 Å². The average Bonchev–Trinajstić information content (AvgIpc) is 3.48. The number of halogens is 2. The van der Waals surface area contributed by atoms with Gasteiger partial charge in [-0.3, -0.25) is 14.6 Å². The highest BCUT2D eigenvalue weighted by molar-refractivity contribution is 7.21. The Balaban J connectivity index is 1.49. The second-order valence-electron chi connectivity index (χ2n) is 7.69. The number of rotatable bonds is 5. The SMILES string of the molecule is CO[C@H]1CCN(C(=O)c2cc3nccc(Oc4ccc5c(C(=O)Cl)cccc5c4F)c3s2)C1. The van der Waals surface area contributed by atoms with E-state index >= 15 is 4.39 Å². The van der Waals surface area contributed by atoms with Crippen LogP contribution in [0.5, 0.6) is 11.5 Å². The van der Waals surface area contributed by atoms with Crippen LogP contribution in [0.4, 0.5) is 4.39 Å². The number of carbonyl (C=O) groups is 2. The van der Waals surface area contributed by atoms with Crippen LogP contribution in [-0.2, 0) is 4.74 Å². The van der Waals surface area contributed by atoms with Crippen molar-refractivity contribution in [2.24, 2.45) is 0 Å². The molecule has 168 valence electrons. The van der Waals surface area contributed by atoms with Crippen LogP contribution >= 0.6 is 22.9 Å². The van der Waals surface area contributed by atoms with Crippen molar-refractivity contribution in [3.63, 3.8) is 0 Å². The number of hydrogen-bond donors (Lipinski definition) is 0. The number of nitrogens with zero attached hydrogens (tertiary/aromatic N) is 2. The molecule has 4 aromatic rings. The van der Waals surface area contributed by atoms with Crippen LogP contribution in [0.2, 0.25) is 0 Å². The molecule has 2 aromatic carbocycles. The minimum absolute atomic E-state index is 0.00192. The van der Waals surface area contributed by atoms with Crippen LogP contribution in [0, 0.1) is 5.82 Å². The van der Waals surface area contributed by atoms with Gasteiger partial charge in [0.05, 0.1) is 21.2 Å². The normalized spacial score (nSPS) is 16.0. The van der Waals surface area contributed by atoms with Gasteiger partial charge in [-0.25, -0.2) is 4.39 Å². The third-order valence-electron chi connectivity index (χ3n) is 5.74. The first-order valence-corrected chi connectivity index (χ1v) is 11.4. The molecule has 1 amide bonds. The number of thiophene rings is 1. The highest BCUT2D eigenvalue weighted by atomic mass is 35.5. The van der Waals surface area contributed by atoms with E-state index in [-0.39, 0.29) is 28.7 Å². The maximum absolute atomic E-state index is 15.2. The van der Waals surface area contributed by atoms with Crippen molar-refractivity contribution in [2.75, 3.05) is 20.2 Å². The van der Waals surface area contributed by atoms with Gasteiger partial charge in [0.1, 0.15) is 5.75 Å². The maximum Gasteiger partial charge on any atom is 0.264 e. The summed E-state index contributed by atoms with van der Waals surface area (Å²) in [5.74, 6) is -0.299. The molecule has 9 heteroatoms. The van der Waals surface area contributed by atoms with Crippen LogP contribution in [0.3, 0.4) is 0 Å². The van der Waals surface area contributed by atoms with Crippen LogP contribution in [0.25, 0.3) is 21.0 Å². The van der Waals surface area contributed by atoms with Gasteiger partial charge in [0.15, 0.2) is 11.6 Å². The molecule has 0 bridgehead atoms. The van der Waals surface area contributed by atoms with Crippen molar-refractivity contribution in [3.8, 4) is 11.5 Å². The molecule has 0 unspecified atom stereocenters. The van der Waals surface area contributed by atoms with E-state index in [0.29, 0.717) is 39.3 Å². The number of hydrogen-bond acceptors (Lipinski definition) is 6. The molecule has 6 nitrogen and oxygen atoms in total. The Kier molecular flexibility index (Phi) is 5.74. The first-order chi connectivity index (χ1) is 16.0. The predicted molar refractivity (Wildman–Crippen MR) is 125 cm³/mol. The van der Waals surface area contributed by atoms with E-state index in [1.54, 1.807) is 54.6 Å². The lowest BCUT2D eigenvalue weighted by Gasteiger charge is -2.14. The van der Waals surface area contributed by atoms with Gasteiger partial charge in [-0.2, -0.15) is 0 Å². The molecule has 1 atom stereocenters. The molecule has 1 fully saturated rings. The van der Waals surface area contributed by atoms with Gasteiger partial charge in [0.25, 0.3) is 11.1 Å². The molecule has 1 aliphatic heterocycles. The molecular formula is C24H18ClFN2O4S. The summed E-state index contributed by atoms with van der Waals surface area (Å²) in [6.07, 6.45) is 2.40. The Morgan fingerprint density at radius 1 is 1.18 bits per heavy atom. The Labute approximate surface area is 197 Å². The molecule has 0 saturated carbocycles. The van der Waals surface area contributed by atoms with E-state index in [1.807, 2.05) is 0 Å². The van der Waals surface area contributed by atoms with Crippen molar-refractivity contribution in [2.45, 2.75) is 12.5 Å². The summed E-state index contributed by atoms with van der Waals surface area (Å²) >= 11 is 6.88. The van der Waals surface area contributed by atoms with Gasteiger partial charge >= 0.3 is 0 Å². The van der Waals surface area contributed by atoms with Gasteiger partial charge in [0, 0.05) is 43.4 Å². The zero-order valence-corrected chi connectivity index (χ0v) is 19.1. The quantitative estimate of drug-likeness (QED) is 0.344. The molecule has 0 spiro atoms. The summed E-state index contributed by atoms with van der Waals surface area (Å²) in [7, 11) is 1.64. The van der Waals surface area contributed by atoms with Gasteiger partial charge < -0.3 is 14.4 Å². The number of aromatic nitrogens is 1. The third kappa shape index (κ3) is 3.94. The van der Waals surface area contributed by atoms with Crippen molar-refractivity contribution in [1.82, 2.24) is 9.88 Å². The first kappa shape index (κ1) is 21.8. The van der Waals surface area contributed by atoms with Crippen LogP contribution < -0.4 is 4.74 Å². The number of carbonyl (C=O) groups excluding carboxylic acids is 2. The summed E-state index contributed by atoms with van der Waals surface area (Å²) in [6.45, 7) is 1.19. The van der Waals surface area contributed by atoms with E-state index in [0.717, 1.165) is 6.42 Å². The minimum Gasteiger partial charge on any atom is -0.453 e. The Hall–Kier alpha value is -3.07. The van der Waals surface area contributed by atoms with Crippen LogP contribution in [-0.4, -0.2) is 47.3 Å². The zero-order chi connectivity index (χ0) is 23.1. The number of pyridine rings is 1. The number of likely N-dealkylation sites (tertiary alicyclic amines) is 1. The molecule has 1 saturated heterocycles. The lowest BCUT2D eigenvalue weighted by Crippen LogP contribution is -2.29. The number of methoxy groups -OCH3 is 1. The Morgan fingerprint density at radius 3 is 2.79 bits per heavy atom. The number of ether oxygens (including phenoxy) is 2. The first-order valence-electron chi connectivity index (χ1n) is 10.3. The van der Waals surface area contributed by atoms with Crippen molar-refractivity contribution in [1.29, 1.82) is 0 Å². The molecule has 5 rings (SSSR count). The van der Waals surface area contributed by atoms with Crippen LogP contribution in [0.1, 0.15) is 26.5 Å². The van der Waals surface area contributed by atoms with Crippen LogP contribution in [0.15, 0.2) is 48.7 Å².